The van der Waals surface area contributed by atoms with Crippen LogP contribution in [0, 0.1) is 5.92 Å². The smallest absolute Gasteiger partial charge is 0.0589 e. The highest BCUT2D eigenvalue weighted by Gasteiger charge is 2.14. The van der Waals surface area contributed by atoms with Crippen LogP contribution in [0.1, 0.15) is 20.3 Å². The molecule has 0 unspecified atom stereocenters. The molecule has 0 radical (unpaired) electrons. The first-order valence-electron chi connectivity index (χ1n) is 7.39. The Morgan fingerprint density at radius 3 is 2.42 bits per heavy atom. The fourth-order valence-electron chi connectivity index (χ4n) is 2.38. The van der Waals surface area contributed by atoms with Gasteiger partial charge in [-0.1, -0.05) is 38.2 Å². The molecule has 0 aromatic heterocycles. The summed E-state index contributed by atoms with van der Waals surface area (Å²) in [5, 5.41) is 0. The van der Waals surface area contributed by atoms with Crippen molar-refractivity contribution in [2.24, 2.45) is 5.92 Å². The maximum absolute atomic E-state index is 5.12. The van der Waals surface area contributed by atoms with Crippen molar-refractivity contribution in [2.45, 2.75) is 20.3 Å². The van der Waals surface area contributed by atoms with Crippen LogP contribution in [0.4, 0.5) is 0 Å². The first kappa shape index (κ1) is 16.4. The van der Waals surface area contributed by atoms with Crippen LogP contribution in [0.5, 0.6) is 0 Å². The third kappa shape index (κ3) is 7.51. The highest BCUT2D eigenvalue weighted by atomic mass is 16.5. The Morgan fingerprint density at radius 2 is 1.84 bits per heavy atom. The molecule has 0 amide bonds. The maximum atomic E-state index is 5.12. The van der Waals surface area contributed by atoms with Crippen LogP contribution in [0.2, 0.25) is 0 Å². The molecule has 0 atom stereocenters. The SMILES string of the molecule is C=C(/C=C/CN1CCN(CCOC)CC1)CC(C)C. The van der Waals surface area contributed by atoms with Crippen LogP contribution in [0.3, 0.4) is 0 Å². The van der Waals surface area contributed by atoms with E-state index in [1.807, 2.05) is 0 Å². The summed E-state index contributed by atoms with van der Waals surface area (Å²) in [5.41, 5.74) is 1.24. The number of allylic oxidation sites excluding steroid dienone is 2. The van der Waals surface area contributed by atoms with Crippen molar-refractivity contribution in [1.29, 1.82) is 0 Å². The van der Waals surface area contributed by atoms with Crippen LogP contribution in [0.15, 0.2) is 24.3 Å². The van der Waals surface area contributed by atoms with Crippen molar-refractivity contribution in [3.63, 3.8) is 0 Å². The molecule has 110 valence electrons. The van der Waals surface area contributed by atoms with Gasteiger partial charge in [-0.15, -0.1) is 0 Å². The lowest BCUT2D eigenvalue weighted by atomic mass is 10.0. The summed E-state index contributed by atoms with van der Waals surface area (Å²) in [5.74, 6) is 0.696. The Labute approximate surface area is 118 Å². The van der Waals surface area contributed by atoms with E-state index in [1.54, 1.807) is 7.11 Å². The van der Waals surface area contributed by atoms with Gasteiger partial charge in [-0.25, -0.2) is 0 Å². The van der Waals surface area contributed by atoms with Crippen LogP contribution in [-0.4, -0.2) is 62.8 Å². The Morgan fingerprint density at radius 1 is 1.21 bits per heavy atom. The summed E-state index contributed by atoms with van der Waals surface area (Å²) in [6.07, 6.45) is 5.55. The monoisotopic (exact) mass is 266 g/mol. The van der Waals surface area contributed by atoms with Crippen molar-refractivity contribution >= 4 is 0 Å². The molecule has 19 heavy (non-hydrogen) atoms. The number of nitrogens with zero attached hydrogens (tertiary/aromatic N) is 2. The minimum absolute atomic E-state index is 0.696. The van der Waals surface area contributed by atoms with Gasteiger partial charge in [0, 0.05) is 46.4 Å². The molecule has 0 N–H and O–H groups in total. The van der Waals surface area contributed by atoms with Gasteiger partial charge in [0.25, 0.3) is 0 Å². The summed E-state index contributed by atoms with van der Waals surface area (Å²) < 4.78 is 5.12. The average molecular weight is 266 g/mol. The van der Waals surface area contributed by atoms with Gasteiger partial charge in [-0.05, 0) is 12.3 Å². The van der Waals surface area contributed by atoms with Gasteiger partial charge in [0.15, 0.2) is 0 Å². The van der Waals surface area contributed by atoms with Crippen molar-refractivity contribution in [2.75, 3.05) is 53.0 Å². The van der Waals surface area contributed by atoms with E-state index in [9.17, 15) is 0 Å². The summed E-state index contributed by atoms with van der Waals surface area (Å²) in [7, 11) is 1.77. The molecule has 0 aromatic rings. The normalized spacial score (nSPS) is 18.5. The summed E-state index contributed by atoms with van der Waals surface area (Å²) in [6, 6.07) is 0. The molecular weight excluding hydrogens is 236 g/mol. The van der Waals surface area contributed by atoms with Crippen LogP contribution in [0.25, 0.3) is 0 Å². The molecule has 1 fully saturated rings. The Balaban J connectivity index is 2.15. The van der Waals surface area contributed by atoms with Gasteiger partial charge < -0.3 is 4.74 Å². The largest absolute Gasteiger partial charge is 0.383 e. The third-order valence-electron chi connectivity index (χ3n) is 3.46. The van der Waals surface area contributed by atoms with Gasteiger partial charge >= 0.3 is 0 Å². The van der Waals surface area contributed by atoms with Crippen molar-refractivity contribution in [1.82, 2.24) is 9.80 Å². The lowest BCUT2D eigenvalue weighted by Crippen LogP contribution is -2.47. The zero-order valence-electron chi connectivity index (χ0n) is 12.9. The van der Waals surface area contributed by atoms with Gasteiger partial charge in [0.1, 0.15) is 0 Å². The third-order valence-corrected chi connectivity index (χ3v) is 3.46. The number of hydrogen-bond donors (Lipinski definition) is 0. The fourth-order valence-corrected chi connectivity index (χ4v) is 2.38. The molecule has 1 aliphatic heterocycles. The minimum atomic E-state index is 0.696. The first-order valence-corrected chi connectivity index (χ1v) is 7.39. The average Bonchev–Trinajstić information content (AvgIpc) is 2.37. The lowest BCUT2D eigenvalue weighted by Gasteiger charge is -2.33. The van der Waals surface area contributed by atoms with Gasteiger partial charge in [0.2, 0.25) is 0 Å². The molecule has 0 aliphatic carbocycles. The van der Waals surface area contributed by atoms with Crippen LogP contribution < -0.4 is 0 Å². The number of hydrogen-bond acceptors (Lipinski definition) is 3. The van der Waals surface area contributed by atoms with Crippen molar-refractivity contribution in [3.05, 3.63) is 24.3 Å². The standard InChI is InChI=1S/C16H30N2O/c1-15(2)14-16(3)6-5-7-17-8-10-18(11-9-17)12-13-19-4/h5-6,15H,3,7-14H2,1-2,4H3/b6-5+. The molecule has 0 spiro atoms. The first-order chi connectivity index (χ1) is 9.11. The number of rotatable bonds is 8. The Hall–Kier alpha value is -0.640. The van der Waals surface area contributed by atoms with Crippen LogP contribution >= 0.6 is 0 Å². The number of piperazine rings is 1. The van der Waals surface area contributed by atoms with E-state index in [0.29, 0.717) is 5.92 Å². The molecule has 1 aliphatic rings. The summed E-state index contributed by atoms with van der Waals surface area (Å²) in [6.45, 7) is 16.1. The maximum Gasteiger partial charge on any atom is 0.0589 e. The van der Waals surface area contributed by atoms with E-state index in [-0.39, 0.29) is 0 Å². The number of ether oxygens (including phenoxy) is 1. The fraction of sp³-hybridized carbons (Fsp3) is 0.750. The second kappa shape index (κ2) is 9.29. The lowest BCUT2D eigenvalue weighted by molar-refractivity contribution is 0.102. The highest BCUT2D eigenvalue weighted by molar-refractivity contribution is 5.15. The predicted octanol–water partition coefficient (Wildman–Crippen LogP) is 2.41. The molecule has 1 rings (SSSR count). The van der Waals surface area contributed by atoms with E-state index < -0.39 is 0 Å². The van der Waals surface area contributed by atoms with E-state index in [1.165, 1.54) is 5.57 Å². The number of methoxy groups -OCH3 is 1. The van der Waals surface area contributed by atoms with E-state index >= 15 is 0 Å². The molecule has 1 heterocycles. The molecule has 0 aromatic carbocycles. The highest BCUT2D eigenvalue weighted by Crippen LogP contribution is 2.09. The molecule has 0 saturated carbocycles. The summed E-state index contributed by atoms with van der Waals surface area (Å²) >= 11 is 0. The van der Waals surface area contributed by atoms with Crippen molar-refractivity contribution < 1.29 is 4.74 Å². The quantitative estimate of drug-likeness (QED) is 0.628. The molecule has 3 nitrogen and oxygen atoms in total. The molecule has 1 saturated heterocycles. The predicted molar refractivity (Wildman–Crippen MR) is 82.5 cm³/mol. The molecular formula is C16H30N2O. The van der Waals surface area contributed by atoms with Crippen molar-refractivity contribution in [3.8, 4) is 0 Å². The summed E-state index contributed by atoms with van der Waals surface area (Å²) in [4.78, 5) is 4.98. The van der Waals surface area contributed by atoms with Gasteiger partial charge in [-0.3, -0.25) is 9.80 Å². The van der Waals surface area contributed by atoms with E-state index in [0.717, 1.165) is 52.3 Å². The Bertz CT molecular complexity index is 278. The molecule has 3 heteroatoms. The van der Waals surface area contributed by atoms with E-state index in [2.05, 4.69) is 42.4 Å². The zero-order valence-corrected chi connectivity index (χ0v) is 12.9. The zero-order chi connectivity index (χ0) is 14.1. The minimum Gasteiger partial charge on any atom is -0.383 e. The topological polar surface area (TPSA) is 15.7 Å². The second-order valence-electron chi connectivity index (χ2n) is 5.79. The Kier molecular flexibility index (Phi) is 8.03. The second-order valence-corrected chi connectivity index (χ2v) is 5.79. The molecule has 0 bridgehead atoms. The van der Waals surface area contributed by atoms with Gasteiger partial charge in [0.05, 0.1) is 6.61 Å². The van der Waals surface area contributed by atoms with Gasteiger partial charge in [-0.2, -0.15) is 0 Å². The van der Waals surface area contributed by atoms with Crippen LogP contribution in [-0.2, 0) is 4.74 Å². The van der Waals surface area contributed by atoms with E-state index in [4.69, 9.17) is 4.74 Å².